The van der Waals surface area contributed by atoms with Crippen LogP contribution in [-0.4, -0.2) is 26.3 Å². The highest BCUT2D eigenvalue weighted by molar-refractivity contribution is 5.07. The van der Waals surface area contributed by atoms with Crippen LogP contribution < -0.4 is 0 Å². The van der Waals surface area contributed by atoms with Gasteiger partial charge in [0.05, 0.1) is 6.61 Å². The summed E-state index contributed by atoms with van der Waals surface area (Å²) in [6, 6.07) is 0. The van der Waals surface area contributed by atoms with Crippen molar-refractivity contribution >= 4 is 0 Å². The molecule has 0 saturated carbocycles. The number of hydrogen-bond donors (Lipinski definition) is 0. The number of methoxy groups -OCH3 is 1. The van der Waals surface area contributed by atoms with Crippen molar-refractivity contribution in [3.8, 4) is 0 Å². The van der Waals surface area contributed by atoms with Gasteiger partial charge in [-0.25, -0.2) is 4.39 Å². The van der Waals surface area contributed by atoms with Crippen molar-refractivity contribution in [2.75, 3.05) is 20.4 Å². The minimum atomic E-state index is -3.43. The van der Waals surface area contributed by atoms with Crippen LogP contribution in [0.1, 0.15) is 0 Å². The highest BCUT2D eigenvalue weighted by atomic mass is 19.3. The average molecular weight is 154 g/mol. The van der Waals surface area contributed by atoms with Crippen molar-refractivity contribution in [2.24, 2.45) is 0 Å². The second-order valence-electron chi connectivity index (χ2n) is 1.87. The molecule has 4 heteroatoms. The highest BCUT2D eigenvalue weighted by Gasteiger charge is 2.32. The van der Waals surface area contributed by atoms with E-state index in [0.29, 0.717) is 0 Å². The molecule has 0 unspecified atom stereocenters. The Kier molecular flexibility index (Phi) is 3.42. The maximum Gasteiger partial charge on any atom is 0.299 e. The molecule has 10 heavy (non-hydrogen) atoms. The molecule has 0 N–H and O–H groups in total. The summed E-state index contributed by atoms with van der Waals surface area (Å²) in [6.07, 6.45) is 0. The minimum absolute atomic E-state index is 0.309. The summed E-state index contributed by atoms with van der Waals surface area (Å²) in [5.74, 6) is -3.43. The number of halogens is 3. The molecule has 0 fully saturated rings. The van der Waals surface area contributed by atoms with Gasteiger partial charge in [-0.2, -0.15) is 8.78 Å². The summed E-state index contributed by atoms with van der Waals surface area (Å²) in [6.45, 7) is 0.950. The molecule has 0 aliphatic carbocycles. The van der Waals surface area contributed by atoms with Gasteiger partial charge in [0, 0.05) is 12.7 Å². The zero-order valence-electron chi connectivity index (χ0n) is 5.66. The van der Waals surface area contributed by atoms with Gasteiger partial charge in [-0.15, -0.1) is 0 Å². The van der Waals surface area contributed by atoms with Gasteiger partial charge in [0.25, 0.3) is 5.92 Å². The summed E-state index contributed by atoms with van der Waals surface area (Å²) in [5.41, 5.74) is -0.530. The Morgan fingerprint density at radius 3 is 2.40 bits per heavy atom. The average Bonchev–Trinajstić information content (AvgIpc) is 1.89. The molecule has 0 bridgehead atoms. The molecule has 0 heterocycles. The Labute approximate surface area is 57.5 Å². The molecular weight excluding hydrogens is 145 g/mol. The third-order valence-corrected chi connectivity index (χ3v) is 1.00. The van der Waals surface area contributed by atoms with Crippen LogP contribution >= 0.6 is 0 Å². The second kappa shape index (κ2) is 3.61. The van der Waals surface area contributed by atoms with Crippen LogP contribution in [-0.2, 0) is 4.74 Å². The topological polar surface area (TPSA) is 9.23 Å². The quantitative estimate of drug-likeness (QED) is 0.561. The van der Waals surface area contributed by atoms with Crippen LogP contribution in [0.5, 0.6) is 0 Å². The van der Waals surface area contributed by atoms with Crippen LogP contribution in [0.4, 0.5) is 13.2 Å². The van der Waals surface area contributed by atoms with Gasteiger partial charge in [-0.05, 0) is 0 Å². The predicted molar refractivity (Wildman–Crippen MR) is 31.9 cm³/mol. The molecule has 0 atom stereocenters. The minimum Gasteiger partial charge on any atom is -0.380 e. The van der Waals surface area contributed by atoms with Crippen molar-refractivity contribution in [3.63, 3.8) is 0 Å². The number of ether oxygens (including phenoxy) is 1. The monoisotopic (exact) mass is 154 g/mol. The molecule has 0 radical (unpaired) electrons. The molecule has 60 valence electrons. The Hall–Kier alpha value is -0.510. The Morgan fingerprint density at radius 2 is 2.10 bits per heavy atom. The molecule has 0 aliphatic rings. The largest absolute Gasteiger partial charge is 0.380 e. The van der Waals surface area contributed by atoms with Crippen LogP contribution in [0.25, 0.3) is 0 Å². The SMILES string of the molecule is C=C(COC)C(F)(F)CF. The van der Waals surface area contributed by atoms with Gasteiger partial charge in [0.15, 0.2) is 6.67 Å². The van der Waals surface area contributed by atoms with Crippen LogP contribution in [0, 0.1) is 0 Å². The van der Waals surface area contributed by atoms with E-state index >= 15 is 0 Å². The first kappa shape index (κ1) is 9.49. The van der Waals surface area contributed by atoms with E-state index in [1.807, 2.05) is 0 Å². The summed E-state index contributed by atoms with van der Waals surface area (Å²) in [5, 5.41) is 0. The molecule has 0 saturated heterocycles. The van der Waals surface area contributed by atoms with Gasteiger partial charge in [0.1, 0.15) is 0 Å². The third-order valence-electron chi connectivity index (χ3n) is 1.00. The third kappa shape index (κ3) is 2.39. The Balaban J connectivity index is 3.91. The van der Waals surface area contributed by atoms with E-state index in [0.717, 1.165) is 0 Å². The lowest BCUT2D eigenvalue weighted by Gasteiger charge is -2.13. The summed E-state index contributed by atoms with van der Waals surface area (Å²) >= 11 is 0. The lowest BCUT2D eigenvalue weighted by Crippen LogP contribution is -2.23. The molecule has 0 amide bonds. The number of alkyl halides is 3. The van der Waals surface area contributed by atoms with Crippen molar-refractivity contribution in [2.45, 2.75) is 5.92 Å². The molecule has 0 aromatic heterocycles. The second-order valence-corrected chi connectivity index (χ2v) is 1.87. The fourth-order valence-corrected chi connectivity index (χ4v) is 0.374. The first-order chi connectivity index (χ1) is 4.54. The Bertz CT molecular complexity index is 122. The fraction of sp³-hybridized carbons (Fsp3) is 0.667. The maximum atomic E-state index is 12.2. The van der Waals surface area contributed by atoms with E-state index in [4.69, 9.17) is 0 Å². The van der Waals surface area contributed by atoms with E-state index in [-0.39, 0.29) is 6.61 Å². The van der Waals surface area contributed by atoms with Crippen molar-refractivity contribution in [1.29, 1.82) is 0 Å². The molecular formula is C6H9F3O. The fourth-order valence-electron chi connectivity index (χ4n) is 0.374. The van der Waals surface area contributed by atoms with Gasteiger partial charge >= 0.3 is 0 Å². The zero-order chi connectivity index (χ0) is 8.20. The standard InChI is InChI=1S/C6H9F3O/c1-5(3-10-2)6(8,9)4-7/h1,3-4H2,2H3. The van der Waals surface area contributed by atoms with Crippen LogP contribution in [0.2, 0.25) is 0 Å². The van der Waals surface area contributed by atoms with E-state index in [1.54, 1.807) is 0 Å². The maximum absolute atomic E-state index is 12.2. The van der Waals surface area contributed by atoms with Crippen molar-refractivity contribution in [3.05, 3.63) is 12.2 Å². The predicted octanol–water partition coefficient (Wildman–Crippen LogP) is 1.79. The van der Waals surface area contributed by atoms with Gasteiger partial charge < -0.3 is 4.74 Å². The van der Waals surface area contributed by atoms with Crippen molar-refractivity contribution < 1.29 is 17.9 Å². The number of rotatable bonds is 4. The normalized spacial score (nSPS) is 11.6. The molecule has 0 aliphatic heterocycles. The lowest BCUT2D eigenvalue weighted by atomic mass is 10.2. The Morgan fingerprint density at radius 1 is 1.60 bits per heavy atom. The summed E-state index contributed by atoms with van der Waals surface area (Å²) in [7, 11) is 1.25. The molecule has 0 aromatic carbocycles. The summed E-state index contributed by atoms with van der Waals surface area (Å²) < 4.78 is 40.2. The van der Waals surface area contributed by atoms with E-state index in [2.05, 4.69) is 11.3 Å². The molecule has 0 spiro atoms. The molecule has 1 nitrogen and oxygen atoms in total. The highest BCUT2D eigenvalue weighted by Crippen LogP contribution is 2.22. The van der Waals surface area contributed by atoms with E-state index < -0.39 is 18.2 Å². The van der Waals surface area contributed by atoms with Gasteiger partial charge in [0.2, 0.25) is 0 Å². The number of hydrogen-bond acceptors (Lipinski definition) is 1. The van der Waals surface area contributed by atoms with E-state index in [1.165, 1.54) is 7.11 Å². The molecule has 0 aromatic rings. The first-order valence-electron chi connectivity index (χ1n) is 2.65. The first-order valence-corrected chi connectivity index (χ1v) is 2.65. The van der Waals surface area contributed by atoms with Gasteiger partial charge in [-0.3, -0.25) is 0 Å². The van der Waals surface area contributed by atoms with Gasteiger partial charge in [-0.1, -0.05) is 6.58 Å². The lowest BCUT2D eigenvalue weighted by molar-refractivity contribution is 0.00308. The molecule has 0 rings (SSSR count). The van der Waals surface area contributed by atoms with Crippen molar-refractivity contribution in [1.82, 2.24) is 0 Å². The summed E-state index contributed by atoms with van der Waals surface area (Å²) in [4.78, 5) is 0. The van der Waals surface area contributed by atoms with Crippen LogP contribution in [0.15, 0.2) is 12.2 Å². The van der Waals surface area contributed by atoms with Crippen LogP contribution in [0.3, 0.4) is 0 Å². The smallest absolute Gasteiger partial charge is 0.299 e. The van der Waals surface area contributed by atoms with E-state index in [9.17, 15) is 13.2 Å². The zero-order valence-corrected chi connectivity index (χ0v) is 5.66.